The SMILES string of the molecule is CC(Nc1cccc(N)c1)c1ccc(F)cc1. The predicted octanol–water partition coefficient (Wildman–Crippen LogP) is 3.58. The summed E-state index contributed by atoms with van der Waals surface area (Å²) in [6.45, 7) is 2.02. The Morgan fingerprint density at radius 3 is 2.47 bits per heavy atom. The molecule has 0 fully saturated rings. The van der Waals surface area contributed by atoms with Crippen LogP contribution >= 0.6 is 0 Å². The van der Waals surface area contributed by atoms with Gasteiger partial charge in [-0.3, -0.25) is 0 Å². The maximum atomic E-state index is 12.8. The van der Waals surface area contributed by atoms with Gasteiger partial charge in [0.2, 0.25) is 0 Å². The van der Waals surface area contributed by atoms with E-state index >= 15 is 0 Å². The van der Waals surface area contributed by atoms with Crippen LogP contribution in [0.3, 0.4) is 0 Å². The fourth-order valence-electron chi connectivity index (χ4n) is 1.71. The van der Waals surface area contributed by atoms with Gasteiger partial charge in [-0.25, -0.2) is 4.39 Å². The van der Waals surface area contributed by atoms with Crippen molar-refractivity contribution in [3.05, 3.63) is 59.9 Å². The normalized spacial score (nSPS) is 12.1. The Labute approximate surface area is 100 Å². The highest BCUT2D eigenvalue weighted by molar-refractivity contribution is 5.55. The molecule has 88 valence electrons. The standard InChI is InChI=1S/C14H15FN2/c1-10(11-5-7-12(15)8-6-11)17-14-4-2-3-13(16)9-14/h2-10,17H,16H2,1H3. The Balaban J connectivity index is 2.11. The lowest BCUT2D eigenvalue weighted by atomic mass is 10.1. The van der Waals surface area contributed by atoms with Crippen LogP contribution in [0.5, 0.6) is 0 Å². The summed E-state index contributed by atoms with van der Waals surface area (Å²) in [4.78, 5) is 0. The fourth-order valence-corrected chi connectivity index (χ4v) is 1.71. The molecule has 0 bridgehead atoms. The maximum Gasteiger partial charge on any atom is 0.123 e. The molecule has 0 radical (unpaired) electrons. The average molecular weight is 230 g/mol. The fraction of sp³-hybridized carbons (Fsp3) is 0.143. The summed E-state index contributed by atoms with van der Waals surface area (Å²) in [5.74, 6) is -0.218. The van der Waals surface area contributed by atoms with Gasteiger partial charge in [-0.2, -0.15) is 0 Å². The van der Waals surface area contributed by atoms with Gasteiger partial charge in [0.15, 0.2) is 0 Å². The van der Waals surface area contributed by atoms with Crippen LogP contribution in [0.2, 0.25) is 0 Å². The van der Waals surface area contributed by atoms with Gasteiger partial charge in [0.25, 0.3) is 0 Å². The molecule has 0 aliphatic heterocycles. The number of hydrogen-bond acceptors (Lipinski definition) is 2. The lowest BCUT2D eigenvalue weighted by molar-refractivity contribution is 0.626. The molecule has 2 aromatic rings. The number of anilines is 2. The lowest BCUT2D eigenvalue weighted by Gasteiger charge is -2.16. The number of rotatable bonds is 3. The van der Waals surface area contributed by atoms with Crippen LogP contribution in [0.25, 0.3) is 0 Å². The van der Waals surface area contributed by atoms with Crippen molar-refractivity contribution in [2.75, 3.05) is 11.1 Å². The van der Waals surface area contributed by atoms with Gasteiger partial charge in [-0.15, -0.1) is 0 Å². The highest BCUT2D eigenvalue weighted by Crippen LogP contribution is 2.20. The number of nitrogens with two attached hydrogens (primary N) is 1. The molecule has 0 spiro atoms. The van der Waals surface area contributed by atoms with E-state index in [1.54, 1.807) is 12.1 Å². The Kier molecular flexibility index (Phi) is 3.28. The van der Waals surface area contributed by atoms with Crippen LogP contribution in [0, 0.1) is 5.82 Å². The third-order valence-electron chi connectivity index (χ3n) is 2.64. The molecule has 17 heavy (non-hydrogen) atoms. The second-order valence-corrected chi connectivity index (χ2v) is 4.04. The van der Waals surface area contributed by atoms with E-state index in [9.17, 15) is 4.39 Å². The van der Waals surface area contributed by atoms with Crippen molar-refractivity contribution in [1.82, 2.24) is 0 Å². The van der Waals surface area contributed by atoms with Gasteiger partial charge < -0.3 is 11.1 Å². The van der Waals surface area contributed by atoms with Crippen LogP contribution in [0.1, 0.15) is 18.5 Å². The first-order valence-corrected chi connectivity index (χ1v) is 5.53. The molecule has 0 saturated heterocycles. The number of halogens is 1. The van der Waals surface area contributed by atoms with Gasteiger partial charge in [-0.05, 0) is 42.8 Å². The summed E-state index contributed by atoms with van der Waals surface area (Å²) in [5.41, 5.74) is 8.42. The molecule has 2 rings (SSSR count). The molecule has 2 aromatic carbocycles. The van der Waals surface area contributed by atoms with Crippen LogP contribution in [-0.4, -0.2) is 0 Å². The van der Waals surface area contributed by atoms with Gasteiger partial charge in [-0.1, -0.05) is 18.2 Å². The molecule has 0 aliphatic rings. The molecule has 1 atom stereocenters. The number of benzene rings is 2. The summed E-state index contributed by atoms with van der Waals surface area (Å²) < 4.78 is 12.8. The van der Waals surface area contributed by atoms with Crippen molar-refractivity contribution in [2.24, 2.45) is 0 Å². The van der Waals surface area contributed by atoms with E-state index in [4.69, 9.17) is 5.73 Å². The smallest absolute Gasteiger partial charge is 0.123 e. The van der Waals surface area contributed by atoms with E-state index in [-0.39, 0.29) is 11.9 Å². The molecule has 0 heterocycles. The van der Waals surface area contributed by atoms with E-state index < -0.39 is 0 Å². The molecule has 3 N–H and O–H groups in total. The quantitative estimate of drug-likeness (QED) is 0.791. The third-order valence-corrected chi connectivity index (χ3v) is 2.64. The van der Waals surface area contributed by atoms with E-state index in [1.165, 1.54) is 12.1 Å². The van der Waals surface area contributed by atoms with Gasteiger partial charge in [0.1, 0.15) is 5.82 Å². The molecule has 0 saturated carbocycles. The highest BCUT2D eigenvalue weighted by Gasteiger charge is 2.05. The first kappa shape index (κ1) is 11.5. The zero-order chi connectivity index (χ0) is 12.3. The monoisotopic (exact) mass is 230 g/mol. The van der Waals surface area contributed by atoms with Crippen molar-refractivity contribution in [1.29, 1.82) is 0 Å². The number of hydrogen-bond donors (Lipinski definition) is 2. The largest absolute Gasteiger partial charge is 0.399 e. The molecular formula is C14H15FN2. The Morgan fingerprint density at radius 1 is 1.12 bits per heavy atom. The predicted molar refractivity (Wildman–Crippen MR) is 69.3 cm³/mol. The summed E-state index contributed by atoms with van der Waals surface area (Å²) >= 11 is 0. The molecule has 3 heteroatoms. The van der Waals surface area contributed by atoms with Gasteiger partial charge >= 0.3 is 0 Å². The van der Waals surface area contributed by atoms with E-state index in [2.05, 4.69) is 5.32 Å². The van der Waals surface area contributed by atoms with Crippen molar-refractivity contribution in [3.63, 3.8) is 0 Å². The van der Waals surface area contributed by atoms with Gasteiger partial charge in [0, 0.05) is 17.4 Å². The molecule has 0 amide bonds. The van der Waals surface area contributed by atoms with Crippen molar-refractivity contribution >= 4 is 11.4 Å². The number of nitrogens with one attached hydrogen (secondary N) is 1. The average Bonchev–Trinajstić information content (AvgIpc) is 2.29. The number of nitrogen functional groups attached to an aromatic ring is 1. The van der Waals surface area contributed by atoms with Gasteiger partial charge in [0.05, 0.1) is 0 Å². The summed E-state index contributed by atoms with van der Waals surface area (Å²) in [6, 6.07) is 14.2. The van der Waals surface area contributed by atoms with E-state index in [1.807, 2.05) is 31.2 Å². The minimum Gasteiger partial charge on any atom is -0.399 e. The second-order valence-electron chi connectivity index (χ2n) is 4.04. The molecular weight excluding hydrogens is 215 g/mol. The minimum atomic E-state index is -0.218. The van der Waals surface area contributed by atoms with Crippen LogP contribution in [-0.2, 0) is 0 Å². The Hall–Kier alpha value is -2.03. The van der Waals surface area contributed by atoms with E-state index in [0.717, 1.165) is 16.9 Å². The second kappa shape index (κ2) is 4.87. The lowest BCUT2D eigenvalue weighted by Crippen LogP contribution is -2.06. The van der Waals surface area contributed by atoms with Crippen LogP contribution in [0.4, 0.5) is 15.8 Å². The van der Waals surface area contributed by atoms with Crippen molar-refractivity contribution in [2.45, 2.75) is 13.0 Å². The topological polar surface area (TPSA) is 38.0 Å². The summed E-state index contributed by atoms with van der Waals surface area (Å²) in [5, 5.41) is 3.32. The summed E-state index contributed by atoms with van der Waals surface area (Å²) in [6.07, 6.45) is 0. The first-order valence-electron chi connectivity index (χ1n) is 5.53. The molecule has 0 aromatic heterocycles. The van der Waals surface area contributed by atoms with Crippen LogP contribution < -0.4 is 11.1 Å². The maximum absolute atomic E-state index is 12.8. The Bertz CT molecular complexity index is 494. The van der Waals surface area contributed by atoms with Crippen molar-refractivity contribution < 1.29 is 4.39 Å². The first-order chi connectivity index (χ1) is 8.15. The third kappa shape index (κ3) is 2.97. The van der Waals surface area contributed by atoms with E-state index in [0.29, 0.717) is 0 Å². The highest BCUT2D eigenvalue weighted by atomic mass is 19.1. The molecule has 0 aliphatic carbocycles. The van der Waals surface area contributed by atoms with Crippen molar-refractivity contribution in [3.8, 4) is 0 Å². The Morgan fingerprint density at radius 2 is 1.82 bits per heavy atom. The zero-order valence-electron chi connectivity index (χ0n) is 9.65. The minimum absolute atomic E-state index is 0.109. The molecule has 1 unspecified atom stereocenters. The molecule has 2 nitrogen and oxygen atoms in total. The van der Waals surface area contributed by atoms with Crippen LogP contribution in [0.15, 0.2) is 48.5 Å². The summed E-state index contributed by atoms with van der Waals surface area (Å²) in [7, 11) is 0. The zero-order valence-corrected chi connectivity index (χ0v) is 9.65.